The number of anilines is 1. The van der Waals surface area contributed by atoms with Crippen LogP contribution in [0.5, 0.6) is 11.5 Å². The molecule has 0 bridgehead atoms. The van der Waals surface area contributed by atoms with Gasteiger partial charge in [0, 0.05) is 37.6 Å². The average Bonchev–Trinajstić information content (AvgIpc) is 3.49. The normalized spacial score (nSPS) is 16.1. The van der Waals surface area contributed by atoms with Crippen molar-refractivity contribution in [1.29, 1.82) is 0 Å². The number of benzene rings is 2. The van der Waals surface area contributed by atoms with Gasteiger partial charge in [-0.25, -0.2) is 4.98 Å². The van der Waals surface area contributed by atoms with Crippen molar-refractivity contribution in [2.24, 2.45) is 0 Å². The Morgan fingerprint density at radius 2 is 1.88 bits per heavy atom. The lowest BCUT2D eigenvalue weighted by Gasteiger charge is -2.32. The first-order valence-electron chi connectivity index (χ1n) is 10.9. The predicted molar refractivity (Wildman–Crippen MR) is 124 cm³/mol. The van der Waals surface area contributed by atoms with E-state index in [9.17, 15) is 4.79 Å². The molecule has 3 aromatic rings. The quantitative estimate of drug-likeness (QED) is 0.569. The van der Waals surface area contributed by atoms with Crippen LogP contribution in [0.1, 0.15) is 34.5 Å². The third kappa shape index (κ3) is 5.03. The first kappa shape index (κ1) is 20.8. The highest BCUT2D eigenvalue weighted by atomic mass is 32.1. The zero-order valence-corrected chi connectivity index (χ0v) is 18.6. The second-order valence-electron chi connectivity index (χ2n) is 8.09. The van der Waals surface area contributed by atoms with Crippen LogP contribution in [0.2, 0.25) is 0 Å². The molecule has 0 spiro atoms. The van der Waals surface area contributed by atoms with Gasteiger partial charge < -0.3 is 20.1 Å². The van der Waals surface area contributed by atoms with Crippen molar-refractivity contribution < 1.29 is 14.3 Å². The molecule has 0 atom stereocenters. The molecule has 1 saturated heterocycles. The van der Waals surface area contributed by atoms with E-state index in [4.69, 9.17) is 9.47 Å². The van der Waals surface area contributed by atoms with Crippen molar-refractivity contribution in [3.63, 3.8) is 0 Å². The van der Waals surface area contributed by atoms with Gasteiger partial charge in [-0.3, -0.25) is 9.69 Å². The Hall–Kier alpha value is -3.10. The number of ether oxygens (including phenoxy) is 2. The minimum atomic E-state index is -0.0983. The van der Waals surface area contributed by atoms with Gasteiger partial charge in [0.05, 0.1) is 0 Å². The fourth-order valence-electron chi connectivity index (χ4n) is 4.02. The zero-order valence-electron chi connectivity index (χ0n) is 17.8. The maximum Gasteiger partial charge on any atom is 0.271 e. The van der Waals surface area contributed by atoms with Crippen LogP contribution in [0.4, 0.5) is 5.13 Å². The Kier molecular flexibility index (Phi) is 6.22. The van der Waals surface area contributed by atoms with Crippen LogP contribution in [0.3, 0.4) is 0 Å². The predicted octanol–water partition coefficient (Wildman–Crippen LogP) is 3.88. The Morgan fingerprint density at radius 1 is 1.06 bits per heavy atom. The first-order valence-corrected chi connectivity index (χ1v) is 11.8. The second-order valence-corrected chi connectivity index (χ2v) is 8.95. The van der Waals surface area contributed by atoms with Gasteiger partial charge in [-0.2, -0.15) is 0 Å². The highest BCUT2D eigenvalue weighted by Gasteiger charge is 2.22. The monoisotopic (exact) mass is 450 g/mol. The smallest absolute Gasteiger partial charge is 0.271 e. The number of thiazole rings is 1. The number of piperidine rings is 1. The minimum Gasteiger partial charge on any atom is -0.454 e. The number of hydrogen-bond donors (Lipinski definition) is 2. The zero-order chi connectivity index (χ0) is 21.8. The summed E-state index contributed by atoms with van der Waals surface area (Å²) in [6.45, 7) is 3.80. The Labute approximate surface area is 191 Å². The van der Waals surface area contributed by atoms with Gasteiger partial charge in [-0.05, 0) is 36.1 Å². The van der Waals surface area contributed by atoms with E-state index < -0.39 is 0 Å². The molecule has 166 valence electrons. The number of carbonyl (C=O) groups excluding carboxylic acids is 1. The minimum absolute atomic E-state index is 0.0983. The van der Waals surface area contributed by atoms with Gasteiger partial charge in [0.1, 0.15) is 5.69 Å². The molecule has 0 aliphatic carbocycles. The van der Waals surface area contributed by atoms with E-state index in [1.807, 2.05) is 29.6 Å². The summed E-state index contributed by atoms with van der Waals surface area (Å²) >= 11 is 1.44. The molecule has 1 fully saturated rings. The summed E-state index contributed by atoms with van der Waals surface area (Å²) < 4.78 is 10.8. The number of likely N-dealkylation sites (tertiary alicyclic amines) is 1. The van der Waals surface area contributed by atoms with Crippen molar-refractivity contribution >= 4 is 22.4 Å². The van der Waals surface area contributed by atoms with Crippen LogP contribution < -0.4 is 20.1 Å². The molecular weight excluding hydrogens is 424 g/mol. The molecule has 1 amide bonds. The van der Waals surface area contributed by atoms with E-state index >= 15 is 0 Å². The Morgan fingerprint density at radius 3 is 2.72 bits per heavy atom. The molecule has 5 rings (SSSR count). The molecular formula is C24H26N4O3S. The maximum absolute atomic E-state index is 12.7. The van der Waals surface area contributed by atoms with Crippen molar-refractivity contribution in [3.8, 4) is 11.5 Å². The second kappa shape index (κ2) is 9.58. The van der Waals surface area contributed by atoms with Gasteiger partial charge in [0.2, 0.25) is 6.79 Å². The number of aromatic nitrogens is 1. The van der Waals surface area contributed by atoms with Crippen LogP contribution in [0.15, 0.2) is 53.9 Å². The summed E-state index contributed by atoms with van der Waals surface area (Å²) in [5.74, 6) is 1.44. The highest BCUT2D eigenvalue weighted by molar-refractivity contribution is 7.13. The number of fused-ring (bicyclic) bond motifs is 1. The van der Waals surface area contributed by atoms with Gasteiger partial charge in [0.15, 0.2) is 16.6 Å². The lowest BCUT2D eigenvalue weighted by molar-refractivity contribution is 0.0904. The van der Waals surface area contributed by atoms with Gasteiger partial charge >= 0.3 is 0 Å². The number of nitrogens with one attached hydrogen (secondary N) is 2. The number of hydrogen-bond acceptors (Lipinski definition) is 7. The lowest BCUT2D eigenvalue weighted by Crippen LogP contribution is -2.44. The number of rotatable bonds is 7. The number of nitrogens with zero attached hydrogens (tertiary/aromatic N) is 2. The van der Waals surface area contributed by atoms with Crippen molar-refractivity contribution in [3.05, 3.63) is 70.7 Å². The molecule has 2 N–H and O–H groups in total. The average molecular weight is 451 g/mol. The van der Waals surface area contributed by atoms with Crippen LogP contribution in [-0.2, 0) is 13.1 Å². The molecule has 8 heteroatoms. The van der Waals surface area contributed by atoms with E-state index in [0.29, 0.717) is 12.2 Å². The number of carbonyl (C=O) groups is 1. The maximum atomic E-state index is 12.7. The fraction of sp³-hybridized carbons (Fsp3) is 0.333. The summed E-state index contributed by atoms with van der Waals surface area (Å²) in [6.07, 6.45) is 1.91. The molecule has 32 heavy (non-hydrogen) atoms. The Bertz CT molecular complexity index is 1060. The van der Waals surface area contributed by atoms with Crippen molar-refractivity contribution in [2.75, 3.05) is 25.2 Å². The third-order valence-corrected chi connectivity index (χ3v) is 6.59. The number of amides is 1. The molecule has 1 aromatic heterocycles. The molecule has 7 nitrogen and oxygen atoms in total. The SMILES string of the molecule is O=C(NC1CCN(Cc2ccccc2)CC1)c1csc(NCc2ccc3c(c2)OCO3)n1. The first-order chi connectivity index (χ1) is 15.7. The summed E-state index contributed by atoms with van der Waals surface area (Å²) in [4.78, 5) is 19.6. The third-order valence-electron chi connectivity index (χ3n) is 5.79. The standard InChI is InChI=1S/C24H26N4O3S/c29-23(26-19-8-10-28(11-9-19)14-17-4-2-1-3-5-17)20-15-32-24(27-20)25-13-18-6-7-21-22(12-18)31-16-30-21/h1-7,12,15,19H,8-11,13-14,16H2,(H,25,27)(H,26,29). The van der Waals surface area contributed by atoms with E-state index in [1.54, 1.807) is 0 Å². The molecule has 2 aliphatic rings. The van der Waals surface area contributed by atoms with Gasteiger partial charge in [0.25, 0.3) is 5.91 Å². The topological polar surface area (TPSA) is 75.7 Å². The van der Waals surface area contributed by atoms with Crippen molar-refractivity contribution in [1.82, 2.24) is 15.2 Å². The molecule has 0 radical (unpaired) electrons. The largest absolute Gasteiger partial charge is 0.454 e. The summed E-state index contributed by atoms with van der Waals surface area (Å²) in [5.41, 5.74) is 2.87. The Balaban J connectivity index is 1.08. The van der Waals surface area contributed by atoms with E-state index in [2.05, 4.69) is 44.8 Å². The summed E-state index contributed by atoms with van der Waals surface area (Å²) in [6, 6.07) is 16.6. The van der Waals surface area contributed by atoms with Crippen LogP contribution >= 0.6 is 11.3 Å². The van der Waals surface area contributed by atoms with E-state index in [1.165, 1.54) is 16.9 Å². The van der Waals surface area contributed by atoms with E-state index in [-0.39, 0.29) is 18.7 Å². The highest BCUT2D eigenvalue weighted by Crippen LogP contribution is 2.32. The van der Waals surface area contributed by atoms with Gasteiger partial charge in [-0.1, -0.05) is 36.4 Å². The van der Waals surface area contributed by atoms with Crippen LogP contribution in [0, 0.1) is 0 Å². The van der Waals surface area contributed by atoms with E-state index in [0.717, 1.165) is 54.7 Å². The van der Waals surface area contributed by atoms with Crippen LogP contribution in [0.25, 0.3) is 0 Å². The molecule has 0 saturated carbocycles. The molecule has 0 unspecified atom stereocenters. The summed E-state index contributed by atoms with van der Waals surface area (Å²) in [5, 5.41) is 8.97. The summed E-state index contributed by atoms with van der Waals surface area (Å²) in [7, 11) is 0. The lowest BCUT2D eigenvalue weighted by atomic mass is 10.0. The molecule has 2 aromatic carbocycles. The van der Waals surface area contributed by atoms with Gasteiger partial charge in [-0.15, -0.1) is 11.3 Å². The molecule has 3 heterocycles. The van der Waals surface area contributed by atoms with Crippen molar-refractivity contribution in [2.45, 2.75) is 32.0 Å². The van der Waals surface area contributed by atoms with Crippen LogP contribution in [-0.4, -0.2) is 41.7 Å². The molecule has 2 aliphatic heterocycles. The fourth-order valence-corrected chi connectivity index (χ4v) is 4.71.